The van der Waals surface area contributed by atoms with Gasteiger partial charge in [-0.05, 0) is 31.5 Å². The van der Waals surface area contributed by atoms with Crippen molar-refractivity contribution in [1.29, 1.82) is 0 Å². The molecule has 1 aromatic carbocycles. The van der Waals surface area contributed by atoms with E-state index in [9.17, 15) is 9.90 Å². The molecular weight excluding hydrogens is 182 g/mol. The molecule has 0 amide bonds. The third kappa shape index (κ3) is 2.47. The zero-order valence-corrected chi connectivity index (χ0v) is 8.15. The van der Waals surface area contributed by atoms with Crippen LogP contribution in [0.5, 0.6) is 11.5 Å². The highest BCUT2D eigenvalue weighted by Gasteiger charge is 2.12. The van der Waals surface area contributed by atoms with Crippen LogP contribution in [0.2, 0.25) is 0 Å². The van der Waals surface area contributed by atoms with Gasteiger partial charge in [0.05, 0.1) is 0 Å². The van der Waals surface area contributed by atoms with Crippen molar-refractivity contribution in [2.45, 2.75) is 19.9 Å². The first-order valence-electron chi connectivity index (χ1n) is 4.27. The number of phenolic OH excluding ortho intramolecular Hbond substituents is 1. The van der Waals surface area contributed by atoms with Crippen LogP contribution in [-0.2, 0) is 4.79 Å². The lowest BCUT2D eigenvalue weighted by Crippen LogP contribution is -2.30. The monoisotopic (exact) mass is 195 g/mol. The maximum absolute atomic E-state index is 11.1. The van der Waals surface area contributed by atoms with Gasteiger partial charge in [-0.2, -0.15) is 0 Å². The van der Waals surface area contributed by atoms with Gasteiger partial charge in [0.1, 0.15) is 6.04 Å². The fourth-order valence-electron chi connectivity index (χ4n) is 0.915. The molecule has 0 spiro atoms. The molecule has 0 unspecified atom stereocenters. The molecular formula is C10H13NO3. The summed E-state index contributed by atoms with van der Waals surface area (Å²) in [6.45, 7) is 3.35. The number of hydrogen-bond acceptors (Lipinski definition) is 4. The molecule has 0 radical (unpaired) electrons. The summed E-state index contributed by atoms with van der Waals surface area (Å²) in [7, 11) is 0. The van der Waals surface area contributed by atoms with Gasteiger partial charge < -0.3 is 15.6 Å². The molecule has 76 valence electrons. The second kappa shape index (κ2) is 4.11. The number of aryl methyl sites for hydroxylation is 1. The van der Waals surface area contributed by atoms with Gasteiger partial charge in [-0.25, -0.2) is 4.79 Å². The molecule has 1 atom stereocenters. The minimum atomic E-state index is -0.698. The summed E-state index contributed by atoms with van der Waals surface area (Å²) >= 11 is 0. The van der Waals surface area contributed by atoms with Gasteiger partial charge in [-0.1, -0.05) is 6.07 Å². The average molecular weight is 195 g/mol. The molecule has 4 heteroatoms. The Morgan fingerprint density at radius 2 is 2.21 bits per heavy atom. The minimum Gasteiger partial charge on any atom is -0.504 e. The van der Waals surface area contributed by atoms with E-state index in [1.54, 1.807) is 6.07 Å². The number of hydrogen-bond donors (Lipinski definition) is 2. The highest BCUT2D eigenvalue weighted by Crippen LogP contribution is 2.26. The summed E-state index contributed by atoms with van der Waals surface area (Å²) in [5.41, 5.74) is 6.20. The van der Waals surface area contributed by atoms with Crippen molar-refractivity contribution < 1.29 is 14.6 Å². The molecule has 0 aliphatic rings. The predicted octanol–water partition coefficient (Wildman–Crippen LogP) is 0.953. The normalized spacial score (nSPS) is 12.2. The highest BCUT2D eigenvalue weighted by atomic mass is 16.5. The molecule has 3 N–H and O–H groups in total. The Hall–Kier alpha value is -1.55. The van der Waals surface area contributed by atoms with Crippen molar-refractivity contribution in [2.75, 3.05) is 0 Å². The number of carbonyl (C=O) groups is 1. The van der Waals surface area contributed by atoms with E-state index >= 15 is 0 Å². The summed E-state index contributed by atoms with van der Waals surface area (Å²) in [6, 6.07) is 4.09. The van der Waals surface area contributed by atoms with Crippen LogP contribution in [-0.4, -0.2) is 17.1 Å². The Balaban J connectivity index is 2.82. The summed E-state index contributed by atoms with van der Waals surface area (Å²) in [4.78, 5) is 11.1. The van der Waals surface area contributed by atoms with Crippen LogP contribution in [0.15, 0.2) is 18.2 Å². The molecule has 0 aromatic heterocycles. The van der Waals surface area contributed by atoms with E-state index in [-0.39, 0.29) is 11.5 Å². The standard InChI is InChI=1S/C10H13NO3/c1-6-3-4-9(8(12)5-6)14-10(13)7(2)11/h3-5,7,12H,11H2,1-2H3/t7-/m0/s1. The lowest BCUT2D eigenvalue weighted by Gasteiger charge is -2.08. The number of nitrogens with two attached hydrogens (primary N) is 1. The third-order valence-electron chi connectivity index (χ3n) is 1.70. The predicted molar refractivity (Wildman–Crippen MR) is 52.1 cm³/mol. The smallest absolute Gasteiger partial charge is 0.328 e. The largest absolute Gasteiger partial charge is 0.504 e. The average Bonchev–Trinajstić information content (AvgIpc) is 2.09. The first-order valence-corrected chi connectivity index (χ1v) is 4.27. The number of carbonyl (C=O) groups excluding carboxylic acids is 1. The van der Waals surface area contributed by atoms with Crippen LogP contribution >= 0.6 is 0 Å². The van der Waals surface area contributed by atoms with Gasteiger partial charge >= 0.3 is 5.97 Å². The molecule has 0 saturated heterocycles. The zero-order chi connectivity index (χ0) is 10.7. The van der Waals surface area contributed by atoms with Crippen molar-refractivity contribution in [3.63, 3.8) is 0 Å². The summed E-state index contributed by atoms with van der Waals surface area (Å²) in [5, 5.41) is 9.40. The van der Waals surface area contributed by atoms with Gasteiger partial charge in [-0.15, -0.1) is 0 Å². The molecule has 1 aromatic rings. The molecule has 0 saturated carbocycles. The highest BCUT2D eigenvalue weighted by molar-refractivity contribution is 5.78. The van der Waals surface area contributed by atoms with Gasteiger partial charge in [0.25, 0.3) is 0 Å². The van der Waals surface area contributed by atoms with Crippen LogP contribution in [0, 0.1) is 6.92 Å². The van der Waals surface area contributed by atoms with Gasteiger partial charge in [0.15, 0.2) is 11.5 Å². The fraction of sp³-hybridized carbons (Fsp3) is 0.300. The van der Waals surface area contributed by atoms with E-state index in [1.807, 2.05) is 6.92 Å². The van der Waals surface area contributed by atoms with E-state index in [0.29, 0.717) is 0 Å². The Morgan fingerprint density at radius 1 is 1.57 bits per heavy atom. The van der Waals surface area contributed by atoms with Crippen LogP contribution in [0.25, 0.3) is 0 Å². The van der Waals surface area contributed by atoms with Crippen molar-refractivity contribution >= 4 is 5.97 Å². The zero-order valence-electron chi connectivity index (χ0n) is 8.15. The van der Waals surface area contributed by atoms with Gasteiger partial charge in [0.2, 0.25) is 0 Å². The number of phenols is 1. The maximum atomic E-state index is 11.1. The minimum absolute atomic E-state index is 0.0565. The molecule has 0 bridgehead atoms. The molecule has 0 fully saturated rings. The van der Waals surface area contributed by atoms with Crippen molar-refractivity contribution in [3.05, 3.63) is 23.8 Å². The van der Waals surface area contributed by atoms with Crippen molar-refractivity contribution in [2.24, 2.45) is 5.73 Å². The summed E-state index contributed by atoms with van der Waals surface area (Å²) in [5.74, 6) is -0.485. The Kier molecular flexibility index (Phi) is 3.09. The lowest BCUT2D eigenvalue weighted by atomic mass is 10.2. The van der Waals surface area contributed by atoms with Crippen molar-refractivity contribution in [1.82, 2.24) is 0 Å². The quantitative estimate of drug-likeness (QED) is 0.544. The van der Waals surface area contributed by atoms with E-state index in [2.05, 4.69) is 0 Å². The van der Waals surface area contributed by atoms with Crippen LogP contribution in [0.4, 0.5) is 0 Å². The second-order valence-electron chi connectivity index (χ2n) is 3.18. The van der Waals surface area contributed by atoms with Gasteiger partial charge in [0, 0.05) is 0 Å². The van der Waals surface area contributed by atoms with Crippen LogP contribution in [0.3, 0.4) is 0 Å². The van der Waals surface area contributed by atoms with Crippen molar-refractivity contribution in [3.8, 4) is 11.5 Å². The van der Waals surface area contributed by atoms with E-state index in [4.69, 9.17) is 10.5 Å². The SMILES string of the molecule is Cc1ccc(OC(=O)[C@H](C)N)c(O)c1. The number of ether oxygens (including phenoxy) is 1. The Labute approximate surface area is 82.3 Å². The summed E-state index contributed by atoms with van der Waals surface area (Å²) in [6.07, 6.45) is 0. The topological polar surface area (TPSA) is 72.5 Å². The Bertz CT molecular complexity index is 347. The molecule has 0 heterocycles. The lowest BCUT2D eigenvalue weighted by molar-refractivity contribution is -0.135. The number of aromatic hydroxyl groups is 1. The maximum Gasteiger partial charge on any atom is 0.328 e. The third-order valence-corrected chi connectivity index (χ3v) is 1.70. The molecule has 1 rings (SSSR count). The number of benzene rings is 1. The Morgan fingerprint density at radius 3 is 2.71 bits per heavy atom. The number of esters is 1. The number of rotatable bonds is 2. The van der Waals surface area contributed by atoms with Crippen LogP contribution in [0.1, 0.15) is 12.5 Å². The summed E-state index contributed by atoms with van der Waals surface area (Å²) < 4.78 is 4.85. The van der Waals surface area contributed by atoms with E-state index in [0.717, 1.165) is 5.56 Å². The molecule has 0 aliphatic heterocycles. The van der Waals surface area contributed by atoms with E-state index < -0.39 is 12.0 Å². The van der Waals surface area contributed by atoms with Crippen LogP contribution < -0.4 is 10.5 Å². The molecule has 4 nitrogen and oxygen atoms in total. The first-order chi connectivity index (χ1) is 6.50. The van der Waals surface area contributed by atoms with E-state index in [1.165, 1.54) is 19.1 Å². The first kappa shape index (κ1) is 10.5. The van der Waals surface area contributed by atoms with Gasteiger partial charge in [-0.3, -0.25) is 0 Å². The second-order valence-corrected chi connectivity index (χ2v) is 3.18. The molecule has 14 heavy (non-hydrogen) atoms. The fourth-order valence-corrected chi connectivity index (χ4v) is 0.915. The molecule has 0 aliphatic carbocycles.